The number of benzene rings is 3. The fourth-order valence-corrected chi connectivity index (χ4v) is 3.10. The Balaban J connectivity index is 1.84. The van der Waals surface area contributed by atoms with Crippen molar-refractivity contribution in [2.45, 2.75) is 25.9 Å². The van der Waals surface area contributed by atoms with Crippen LogP contribution in [0.5, 0.6) is 5.75 Å². The summed E-state index contributed by atoms with van der Waals surface area (Å²) in [5, 5.41) is 6.30. The smallest absolute Gasteiger partial charge is 0.119 e. The van der Waals surface area contributed by atoms with Crippen molar-refractivity contribution in [2.75, 3.05) is 7.11 Å². The topological polar surface area (TPSA) is 21.3 Å². The van der Waals surface area contributed by atoms with Gasteiger partial charge in [-0.15, -0.1) is 0 Å². The lowest BCUT2D eigenvalue weighted by atomic mass is 9.98. The first-order valence-corrected chi connectivity index (χ1v) is 8.06. The molecule has 2 atom stereocenters. The number of methoxy groups -OCH3 is 1. The lowest BCUT2D eigenvalue weighted by molar-refractivity contribution is 0.412. The maximum atomic E-state index is 5.32. The van der Waals surface area contributed by atoms with Crippen molar-refractivity contribution in [2.24, 2.45) is 0 Å². The van der Waals surface area contributed by atoms with Gasteiger partial charge in [0.25, 0.3) is 0 Å². The van der Waals surface area contributed by atoms with Gasteiger partial charge in [-0.3, -0.25) is 0 Å². The van der Waals surface area contributed by atoms with Crippen LogP contribution >= 0.6 is 0 Å². The predicted molar refractivity (Wildman–Crippen MR) is 96.9 cm³/mol. The Bertz CT molecular complexity index is 791. The van der Waals surface area contributed by atoms with Gasteiger partial charge in [-0.2, -0.15) is 0 Å². The molecule has 3 aromatic carbocycles. The summed E-state index contributed by atoms with van der Waals surface area (Å²) in [5.74, 6) is 0.897. The molecule has 0 bridgehead atoms. The van der Waals surface area contributed by atoms with Crippen LogP contribution in [0.3, 0.4) is 0 Å². The zero-order valence-corrected chi connectivity index (χ0v) is 13.9. The second kappa shape index (κ2) is 6.84. The maximum absolute atomic E-state index is 5.32. The largest absolute Gasteiger partial charge is 0.497 e. The van der Waals surface area contributed by atoms with Gasteiger partial charge >= 0.3 is 0 Å². The quantitative estimate of drug-likeness (QED) is 0.694. The molecule has 3 rings (SSSR count). The zero-order valence-electron chi connectivity index (χ0n) is 13.9. The van der Waals surface area contributed by atoms with E-state index in [4.69, 9.17) is 4.74 Å². The molecular formula is C21H23NO. The van der Waals surface area contributed by atoms with Crippen molar-refractivity contribution < 1.29 is 4.74 Å². The van der Waals surface area contributed by atoms with E-state index in [1.54, 1.807) is 7.11 Å². The average Bonchev–Trinajstić information content (AvgIpc) is 2.61. The average molecular weight is 305 g/mol. The minimum Gasteiger partial charge on any atom is -0.497 e. The van der Waals surface area contributed by atoms with Gasteiger partial charge in [0.1, 0.15) is 5.75 Å². The van der Waals surface area contributed by atoms with Crippen molar-refractivity contribution in [1.82, 2.24) is 5.32 Å². The van der Waals surface area contributed by atoms with Crippen LogP contribution in [-0.2, 0) is 0 Å². The molecule has 0 amide bonds. The van der Waals surface area contributed by atoms with Crippen LogP contribution in [0.4, 0.5) is 0 Å². The first kappa shape index (κ1) is 15.6. The van der Waals surface area contributed by atoms with Gasteiger partial charge in [0.05, 0.1) is 7.11 Å². The first-order valence-electron chi connectivity index (χ1n) is 8.06. The normalized spacial score (nSPS) is 13.7. The highest BCUT2D eigenvalue weighted by Gasteiger charge is 2.13. The SMILES string of the molecule is COc1cccc([C@@H](C)N[C@H](C)c2cccc3ccccc23)c1. The standard InChI is InChI=1S/C21H23NO/c1-15(18-10-6-11-19(14-18)23-3)22-16(2)20-13-7-9-17-8-4-5-12-21(17)20/h4-16,22H,1-3H3/t15-,16-/m1/s1. The number of fused-ring (bicyclic) bond motifs is 1. The molecule has 0 aliphatic heterocycles. The highest BCUT2D eigenvalue weighted by Crippen LogP contribution is 2.27. The third-order valence-electron chi connectivity index (χ3n) is 4.38. The molecule has 1 N–H and O–H groups in total. The molecule has 0 fully saturated rings. The second-order valence-electron chi connectivity index (χ2n) is 5.96. The van der Waals surface area contributed by atoms with E-state index in [1.807, 2.05) is 12.1 Å². The maximum Gasteiger partial charge on any atom is 0.119 e. The molecule has 0 radical (unpaired) electrons. The first-order chi connectivity index (χ1) is 11.2. The van der Waals surface area contributed by atoms with Crippen LogP contribution < -0.4 is 10.1 Å². The number of ether oxygens (including phenoxy) is 1. The van der Waals surface area contributed by atoms with Gasteiger partial charge in [-0.25, -0.2) is 0 Å². The molecular weight excluding hydrogens is 282 g/mol. The summed E-state index contributed by atoms with van der Waals surface area (Å²) in [6.45, 7) is 4.41. The Morgan fingerprint density at radius 1 is 0.826 bits per heavy atom. The van der Waals surface area contributed by atoms with Crippen LogP contribution in [0.2, 0.25) is 0 Å². The van der Waals surface area contributed by atoms with E-state index >= 15 is 0 Å². The Kier molecular flexibility index (Phi) is 4.63. The summed E-state index contributed by atoms with van der Waals surface area (Å²) in [6.07, 6.45) is 0. The molecule has 118 valence electrons. The summed E-state index contributed by atoms with van der Waals surface area (Å²) < 4.78 is 5.32. The Morgan fingerprint density at radius 2 is 1.57 bits per heavy atom. The third kappa shape index (κ3) is 3.38. The summed E-state index contributed by atoms with van der Waals surface area (Å²) in [7, 11) is 1.70. The van der Waals surface area contributed by atoms with Crippen molar-refractivity contribution in [3.05, 3.63) is 77.9 Å². The monoisotopic (exact) mass is 305 g/mol. The summed E-state index contributed by atoms with van der Waals surface area (Å²) >= 11 is 0. The Labute approximate surface area is 138 Å². The number of rotatable bonds is 5. The minimum absolute atomic E-state index is 0.249. The third-order valence-corrected chi connectivity index (χ3v) is 4.38. The Morgan fingerprint density at radius 3 is 2.39 bits per heavy atom. The van der Waals surface area contributed by atoms with E-state index in [2.05, 4.69) is 73.8 Å². The van der Waals surface area contributed by atoms with Crippen molar-refractivity contribution in [3.8, 4) is 5.75 Å². The van der Waals surface area contributed by atoms with Gasteiger partial charge in [-0.05, 0) is 47.9 Å². The van der Waals surface area contributed by atoms with E-state index in [0.29, 0.717) is 0 Å². The summed E-state index contributed by atoms with van der Waals surface area (Å²) in [5.41, 5.74) is 2.56. The van der Waals surface area contributed by atoms with Crippen molar-refractivity contribution in [1.29, 1.82) is 0 Å². The molecule has 3 aromatic rings. The second-order valence-corrected chi connectivity index (χ2v) is 5.96. The summed E-state index contributed by atoms with van der Waals surface area (Å²) in [4.78, 5) is 0. The molecule has 0 aromatic heterocycles. The minimum atomic E-state index is 0.249. The van der Waals surface area contributed by atoms with Crippen LogP contribution in [-0.4, -0.2) is 7.11 Å². The molecule has 0 unspecified atom stereocenters. The van der Waals surface area contributed by atoms with E-state index < -0.39 is 0 Å². The van der Waals surface area contributed by atoms with Gasteiger partial charge in [0, 0.05) is 12.1 Å². The van der Waals surface area contributed by atoms with E-state index in [-0.39, 0.29) is 12.1 Å². The summed E-state index contributed by atoms with van der Waals surface area (Å²) in [6, 6.07) is 23.8. The highest BCUT2D eigenvalue weighted by molar-refractivity contribution is 5.86. The molecule has 0 saturated carbocycles. The van der Waals surface area contributed by atoms with E-state index in [1.165, 1.54) is 21.9 Å². The lowest BCUT2D eigenvalue weighted by Crippen LogP contribution is -2.22. The Hall–Kier alpha value is -2.32. The van der Waals surface area contributed by atoms with E-state index in [9.17, 15) is 0 Å². The molecule has 0 aliphatic carbocycles. The van der Waals surface area contributed by atoms with Crippen LogP contribution in [0.15, 0.2) is 66.7 Å². The number of hydrogen-bond acceptors (Lipinski definition) is 2. The van der Waals surface area contributed by atoms with Gasteiger partial charge < -0.3 is 10.1 Å². The highest BCUT2D eigenvalue weighted by atomic mass is 16.5. The van der Waals surface area contributed by atoms with Crippen LogP contribution in [0.25, 0.3) is 10.8 Å². The van der Waals surface area contributed by atoms with Crippen molar-refractivity contribution in [3.63, 3.8) is 0 Å². The molecule has 2 heteroatoms. The molecule has 23 heavy (non-hydrogen) atoms. The van der Waals surface area contributed by atoms with Gasteiger partial charge in [0.15, 0.2) is 0 Å². The lowest BCUT2D eigenvalue weighted by Gasteiger charge is -2.22. The van der Waals surface area contributed by atoms with Gasteiger partial charge in [0.2, 0.25) is 0 Å². The van der Waals surface area contributed by atoms with Gasteiger partial charge in [-0.1, -0.05) is 54.6 Å². The molecule has 0 spiro atoms. The van der Waals surface area contributed by atoms with Crippen LogP contribution in [0.1, 0.15) is 37.1 Å². The predicted octanol–water partition coefficient (Wildman–Crippen LogP) is 5.26. The molecule has 0 aliphatic rings. The van der Waals surface area contributed by atoms with Crippen molar-refractivity contribution >= 4 is 10.8 Å². The van der Waals surface area contributed by atoms with Crippen LogP contribution in [0, 0.1) is 0 Å². The molecule has 2 nitrogen and oxygen atoms in total. The zero-order chi connectivity index (χ0) is 16.2. The number of hydrogen-bond donors (Lipinski definition) is 1. The number of nitrogens with one attached hydrogen (secondary N) is 1. The fourth-order valence-electron chi connectivity index (χ4n) is 3.10. The molecule has 0 heterocycles. The fraction of sp³-hybridized carbons (Fsp3) is 0.238. The molecule has 0 saturated heterocycles. The van der Waals surface area contributed by atoms with E-state index in [0.717, 1.165) is 5.75 Å².